The van der Waals surface area contributed by atoms with E-state index < -0.39 is 0 Å². The molecular formula is C20H26BrN3O2. The molecule has 0 radical (unpaired) electrons. The minimum Gasteiger partial charge on any atom is -0.497 e. The van der Waals surface area contributed by atoms with Crippen molar-refractivity contribution >= 4 is 21.8 Å². The Kier molecular flexibility index (Phi) is 6.38. The number of halogens is 1. The summed E-state index contributed by atoms with van der Waals surface area (Å²) >= 11 is 3.47. The van der Waals surface area contributed by atoms with E-state index in [0.29, 0.717) is 0 Å². The van der Waals surface area contributed by atoms with Crippen molar-refractivity contribution in [1.29, 1.82) is 0 Å². The fourth-order valence-electron chi connectivity index (χ4n) is 3.33. The standard InChI is InChI=1S/C20H26BrN3O2/c1-3-23-15-17(21)14-19(23)20(25)24-12-10-22(11-13-24)9-8-16-4-6-18(26-2)7-5-16/h4-7,14-15H,3,8-13H2,1-2H3. The maximum atomic E-state index is 12.8. The lowest BCUT2D eigenvalue weighted by molar-refractivity contribution is 0.0628. The molecule has 0 aliphatic carbocycles. The van der Waals surface area contributed by atoms with Crippen molar-refractivity contribution in [2.45, 2.75) is 19.9 Å². The number of benzene rings is 1. The first kappa shape index (κ1) is 19.0. The average molecular weight is 420 g/mol. The van der Waals surface area contributed by atoms with Crippen LogP contribution >= 0.6 is 15.9 Å². The minimum atomic E-state index is 0.132. The molecule has 3 rings (SSSR count). The Morgan fingerprint density at radius 3 is 2.46 bits per heavy atom. The van der Waals surface area contributed by atoms with Crippen molar-refractivity contribution in [3.63, 3.8) is 0 Å². The van der Waals surface area contributed by atoms with Crippen LogP contribution in [0.5, 0.6) is 5.75 Å². The molecule has 5 nitrogen and oxygen atoms in total. The molecule has 1 aromatic heterocycles. The molecule has 0 unspecified atom stereocenters. The second kappa shape index (κ2) is 8.73. The van der Waals surface area contributed by atoms with Gasteiger partial charge in [0.15, 0.2) is 0 Å². The summed E-state index contributed by atoms with van der Waals surface area (Å²) in [6.45, 7) is 7.30. The molecule has 1 saturated heterocycles. The molecule has 1 amide bonds. The Balaban J connectivity index is 1.49. The average Bonchev–Trinajstić information content (AvgIpc) is 3.07. The van der Waals surface area contributed by atoms with Gasteiger partial charge in [-0.2, -0.15) is 0 Å². The quantitative estimate of drug-likeness (QED) is 0.720. The van der Waals surface area contributed by atoms with Gasteiger partial charge in [0.2, 0.25) is 0 Å². The van der Waals surface area contributed by atoms with E-state index in [1.165, 1.54) is 5.56 Å². The third-order valence-corrected chi connectivity index (χ3v) is 5.39. The van der Waals surface area contributed by atoms with Crippen LogP contribution in [-0.4, -0.2) is 60.1 Å². The molecule has 140 valence electrons. The van der Waals surface area contributed by atoms with E-state index >= 15 is 0 Å². The van der Waals surface area contributed by atoms with Gasteiger partial charge in [-0.3, -0.25) is 9.69 Å². The third-order valence-electron chi connectivity index (χ3n) is 4.96. The summed E-state index contributed by atoms with van der Waals surface area (Å²) in [5, 5.41) is 0. The van der Waals surface area contributed by atoms with Crippen LogP contribution in [0.25, 0.3) is 0 Å². The fourth-order valence-corrected chi connectivity index (χ4v) is 3.80. The molecule has 6 heteroatoms. The monoisotopic (exact) mass is 419 g/mol. The number of carbonyl (C=O) groups excluding carboxylic acids is 1. The second-order valence-electron chi connectivity index (χ2n) is 6.56. The number of methoxy groups -OCH3 is 1. The molecule has 0 spiro atoms. The normalized spacial score (nSPS) is 15.3. The van der Waals surface area contributed by atoms with Crippen molar-refractivity contribution in [3.05, 3.63) is 52.3 Å². The first-order chi connectivity index (χ1) is 12.6. The number of ether oxygens (including phenoxy) is 1. The molecule has 0 atom stereocenters. The van der Waals surface area contributed by atoms with E-state index in [1.807, 2.05) is 33.9 Å². The number of rotatable bonds is 6. The summed E-state index contributed by atoms with van der Waals surface area (Å²) in [5.41, 5.74) is 2.08. The number of nitrogens with zero attached hydrogens (tertiary/aromatic N) is 3. The predicted molar refractivity (Wildman–Crippen MR) is 107 cm³/mol. The summed E-state index contributed by atoms with van der Waals surface area (Å²) in [6, 6.07) is 10.2. The zero-order chi connectivity index (χ0) is 18.5. The van der Waals surface area contributed by atoms with Gasteiger partial charge in [-0.05, 0) is 53.0 Å². The van der Waals surface area contributed by atoms with Crippen molar-refractivity contribution in [2.75, 3.05) is 39.8 Å². The number of amides is 1. The molecular weight excluding hydrogens is 394 g/mol. The number of hydrogen-bond acceptors (Lipinski definition) is 3. The molecule has 2 heterocycles. The zero-order valence-electron chi connectivity index (χ0n) is 15.4. The van der Waals surface area contributed by atoms with Crippen molar-refractivity contribution in [1.82, 2.24) is 14.4 Å². The van der Waals surface area contributed by atoms with Crippen LogP contribution in [0.2, 0.25) is 0 Å². The molecule has 0 saturated carbocycles. The lowest BCUT2D eigenvalue weighted by Crippen LogP contribution is -2.49. The number of piperazine rings is 1. The first-order valence-electron chi connectivity index (χ1n) is 9.11. The van der Waals surface area contributed by atoms with Crippen LogP contribution in [-0.2, 0) is 13.0 Å². The molecule has 1 fully saturated rings. The summed E-state index contributed by atoms with van der Waals surface area (Å²) in [4.78, 5) is 17.2. The van der Waals surface area contributed by atoms with E-state index in [9.17, 15) is 4.79 Å². The van der Waals surface area contributed by atoms with E-state index in [4.69, 9.17) is 4.74 Å². The van der Waals surface area contributed by atoms with E-state index in [0.717, 1.165) is 61.6 Å². The highest BCUT2D eigenvalue weighted by Gasteiger charge is 2.24. The highest BCUT2D eigenvalue weighted by Crippen LogP contribution is 2.18. The van der Waals surface area contributed by atoms with Gasteiger partial charge >= 0.3 is 0 Å². The van der Waals surface area contributed by atoms with Crippen LogP contribution in [0.15, 0.2) is 41.0 Å². The van der Waals surface area contributed by atoms with Gasteiger partial charge in [0.1, 0.15) is 11.4 Å². The van der Waals surface area contributed by atoms with Crippen LogP contribution in [0.3, 0.4) is 0 Å². The Morgan fingerprint density at radius 1 is 1.15 bits per heavy atom. The number of aromatic nitrogens is 1. The van der Waals surface area contributed by atoms with Gasteiger partial charge in [-0.15, -0.1) is 0 Å². The van der Waals surface area contributed by atoms with Gasteiger partial charge < -0.3 is 14.2 Å². The Labute approximate surface area is 163 Å². The van der Waals surface area contributed by atoms with Gasteiger partial charge in [0, 0.05) is 49.9 Å². The molecule has 1 aromatic carbocycles. The molecule has 0 bridgehead atoms. The zero-order valence-corrected chi connectivity index (χ0v) is 17.0. The van der Waals surface area contributed by atoms with Crippen molar-refractivity contribution < 1.29 is 9.53 Å². The molecule has 0 N–H and O–H groups in total. The summed E-state index contributed by atoms with van der Waals surface area (Å²) in [6.07, 6.45) is 2.99. The number of hydrogen-bond donors (Lipinski definition) is 0. The van der Waals surface area contributed by atoms with Crippen LogP contribution in [0.1, 0.15) is 23.0 Å². The molecule has 26 heavy (non-hydrogen) atoms. The SMILES string of the molecule is CCn1cc(Br)cc1C(=O)N1CCN(CCc2ccc(OC)cc2)CC1. The summed E-state index contributed by atoms with van der Waals surface area (Å²) in [7, 11) is 1.69. The number of carbonyl (C=O) groups is 1. The topological polar surface area (TPSA) is 37.7 Å². The minimum absolute atomic E-state index is 0.132. The first-order valence-corrected chi connectivity index (χ1v) is 9.90. The Bertz CT molecular complexity index is 734. The van der Waals surface area contributed by atoms with Crippen molar-refractivity contribution in [3.8, 4) is 5.75 Å². The summed E-state index contributed by atoms with van der Waals surface area (Å²) < 4.78 is 8.16. The maximum absolute atomic E-state index is 12.8. The Morgan fingerprint density at radius 2 is 1.85 bits per heavy atom. The van der Waals surface area contributed by atoms with E-state index in [1.54, 1.807) is 7.11 Å². The van der Waals surface area contributed by atoms with Gasteiger partial charge in [-0.25, -0.2) is 0 Å². The fraction of sp³-hybridized carbons (Fsp3) is 0.450. The van der Waals surface area contributed by atoms with E-state index in [-0.39, 0.29) is 5.91 Å². The second-order valence-corrected chi connectivity index (χ2v) is 7.48. The summed E-state index contributed by atoms with van der Waals surface area (Å²) in [5.74, 6) is 1.02. The molecule has 2 aromatic rings. The van der Waals surface area contributed by atoms with Crippen LogP contribution in [0.4, 0.5) is 0 Å². The van der Waals surface area contributed by atoms with Crippen LogP contribution < -0.4 is 4.74 Å². The highest BCUT2D eigenvalue weighted by molar-refractivity contribution is 9.10. The predicted octanol–water partition coefficient (Wildman–Crippen LogP) is 3.28. The molecule has 1 aliphatic heterocycles. The maximum Gasteiger partial charge on any atom is 0.270 e. The lowest BCUT2D eigenvalue weighted by atomic mass is 10.1. The highest BCUT2D eigenvalue weighted by atomic mass is 79.9. The van der Waals surface area contributed by atoms with E-state index in [2.05, 4.69) is 39.9 Å². The van der Waals surface area contributed by atoms with Crippen molar-refractivity contribution in [2.24, 2.45) is 0 Å². The van der Waals surface area contributed by atoms with Gasteiger partial charge in [-0.1, -0.05) is 12.1 Å². The van der Waals surface area contributed by atoms with Gasteiger partial charge in [0.25, 0.3) is 5.91 Å². The third kappa shape index (κ3) is 4.48. The largest absolute Gasteiger partial charge is 0.497 e. The smallest absolute Gasteiger partial charge is 0.270 e. The van der Waals surface area contributed by atoms with Gasteiger partial charge in [0.05, 0.1) is 7.11 Å². The Hall–Kier alpha value is -1.79. The molecule has 1 aliphatic rings. The van der Waals surface area contributed by atoms with Crippen LogP contribution in [0, 0.1) is 0 Å². The number of aryl methyl sites for hydroxylation is 1. The lowest BCUT2D eigenvalue weighted by Gasteiger charge is -2.34.